The summed E-state index contributed by atoms with van der Waals surface area (Å²) in [6.07, 6.45) is -20.0. The van der Waals surface area contributed by atoms with Crippen molar-refractivity contribution >= 4 is 5.91 Å². The fraction of sp³-hybridized carbons (Fsp3) is 0.900. The second-order valence-electron chi connectivity index (χ2n) is 4.60. The number of rotatable bonds is 1. The van der Waals surface area contributed by atoms with Gasteiger partial charge in [-0.2, -0.15) is 39.5 Å². The first-order valence-corrected chi connectivity index (χ1v) is 5.76. The molecule has 0 aromatic heterocycles. The smallest absolute Gasteiger partial charge is 0.341 e. The lowest BCUT2D eigenvalue weighted by molar-refractivity contribution is -0.409. The molecule has 1 rings (SSSR count). The molecule has 1 fully saturated rings. The Morgan fingerprint density at radius 3 is 1.29 bits per heavy atom. The first kappa shape index (κ1) is 17.9. The minimum absolute atomic E-state index is 0.0159. The van der Waals surface area contributed by atoms with Gasteiger partial charge in [-0.15, -0.1) is 0 Å². The van der Waals surface area contributed by atoms with E-state index < -0.39 is 42.9 Å². The second kappa shape index (κ2) is 5.24. The lowest BCUT2D eigenvalue weighted by atomic mass is 9.83. The fourth-order valence-corrected chi connectivity index (χ4v) is 2.18. The monoisotopic (exact) mass is 331 g/mol. The number of carbonyl (C=O) groups is 1. The molecule has 1 amide bonds. The van der Waals surface area contributed by atoms with Crippen LogP contribution in [-0.4, -0.2) is 42.4 Å². The summed E-state index contributed by atoms with van der Waals surface area (Å²) in [7, 11) is 0. The molecule has 0 atom stereocenters. The fourth-order valence-electron chi connectivity index (χ4n) is 2.18. The number of hydrogen-bond acceptors (Lipinski definition) is 1. The molecular formula is C10H10F9NO. The molecule has 124 valence electrons. The maximum atomic E-state index is 12.7. The van der Waals surface area contributed by atoms with E-state index in [2.05, 4.69) is 0 Å². The molecule has 0 spiro atoms. The molecular weight excluding hydrogens is 321 g/mol. The topological polar surface area (TPSA) is 20.3 Å². The number of piperidine rings is 1. The summed E-state index contributed by atoms with van der Waals surface area (Å²) in [5, 5.41) is 0. The summed E-state index contributed by atoms with van der Waals surface area (Å²) in [4.78, 5) is 11.5. The van der Waals surface area contributed by atoms with E-state index in [4.69, 9.17) is 0 Å². The Morgan fingerprint density at radius 2 is 1.00 bits per heavy atom. The Labute approximate surface area is 112 Å². The number of hydrogen-bond donors (Lipinski definition) is 0. The predicted octanol–water partition coefficient (Wildman–Crippen LogP) is 3.67. The van der Waals surface area contributed by atoms with Gasteiger partial charge in [0.05, 0.1) is 0 Å². The molecule has 1 heterocycles. The molecule has 0 aromatic rings. The Morgan fingerprint density at radius 1 is 0.667 bits per heavy atom. The highest BCUT2D eigenvalue weighted by Crippen LogP contribution is 2.60. The first-order valence-electron chi connectivity index (χ1n) is 5.76. The summed E-state index contributed by atoms with van der Waals surface area (Å²) >= 11 is 0. The number of carbonyl (C=O) groups excluding carboxylic acids is 1. The van der Waals surface area contributed by atoms with Crippen molar-refractivity contribution < 1.29 is 44.3 Å². The molecule has 2 nitrogen and oxygen atoms in total. The van der Waals surface area contributed by atoms with Gasteiger partial charge in [-0.3, -0.25) is 4.79 Å². The van der Waals surface area contributed by atoms with Crippen molar-refractivity contribution in [2.75, 3.05) is 13.1 Å². The predicted molar refractivity (Wildman–Crippen MR) is 51.0 cm³/mol. The zero-order chi connectivity index (χ0) is 16.7. The van der Waals surface area contributed by atoms with E-state index in [9.17, 15) is 44.3 Å². The van der Waals surface area contributed by atoms with Gasteiger partial charge >= 0.3 is 23.9 Å². The van der Waals surface area contributed by atoms with Crippen LogP contribution in [-0.2, 0) is 4.79 Å². The number of nitrogens with zero attached hydrogens (tertiary/aromatic N) is 1. The Balaban J connectivity index is 3.46. The third-order valence-corrected chi connectivity index (χ3v) is 3.24. The molecule has 21 heavy (non-hydrogen) atoms. The SMILES string of the molecule is O=C(N1CCCCC1)C(C(F)(F)F)(C(F)(F)F)C(F)(F)F. The quantitative estimate of drug-likeness (QED) is 0.672. The number of alkyl halides is 9. The van der Waals surface area contributed by atoms with E-state index in [-0.39, 0.29) is 17.7 Å². The van der Waals surface area contributed by atoms with Crippen molar-refractivity contribution in [2.24, 2.45) is 5.41 Å². The van der Waals surface area contributed by atoms with Gasteiger partial charge in [0, 0.05) is 13.1 Å². The van der Waals surface area contributed by atoms with Crippen LogP contribution < -0.4 is 0 Å². The van der Waals surface area contributed by atoms with Gasteiger partial charge in [0.15, 0.2) is 0 Å². The minimum atomic E-state index is -6.84. The summed E-state index contributed by atoms with van der Waals surface area (Å²) < 4.78 is 114. The number of likely N-dealkylation sites (tertiary alicyclic amines) is 1. The first-order chi connectivity index (χ1) is 9.27. The molecule has 0 unspecified atom stereocenters. The lowest BCUT2D eigenvalue weighted by Crippen LogP contribution is -2.68. The van der Waals surface area contributed by atoms with Gasteiger partial charge in [0.25, 0.3) is 5.91 Å². The van der Waals surface area contributed by atoms with Gasteiger partial charge in [-0.1, -0.05) is 0 Å². The van der Waals surface area contributed by atoms with Crippen molar-refractivity contribution in [3.05, 3.63) is 0 Å². The average molecular weight is 331 g/mol. The largest absolute Gasteiger partial charge is 0.421 e. The zero-order valence-electron chi connectivity index (χ0n) is 10.3. The van der Waals surface area contributed by atoms with Crippen LogP contribution >= 0.6 is 0 Å². The molecule has 1 saturated heterocycles. The zero-order valence-corrected chi connectivity index (χ0v) is 10.3. The maximum absolute atomic E-state index is 12.7. The molecule has 0 aliphatic carbocycles. The van der Waals surface area contributed by atoms with Gasteiger partial charge in [0.1, 0.15) is 0 Å². The number of amides is 1. The van der Waals surface area contributed by atoms with Crippen LogP contribution in [0.1, 0.15) is 19.3 Å². The van der Waals surface area contributed by atoms with E-state index in [0.717, 1.165) is 0 Å². The van der Waals surface area contributed by atoms with Gasteiger partial charge in [-0.05, 0) is 19.3 Å². The Bertz CT molecular complexity index is 353. The molecule has 1 aliphatic heterocycles. The van der Waals surface area contributed by atoms with E-state index in [1.54, 1.807) is 0 Å². The third kappa shape index (κ3) is 2.78. The standard InChI is InChI=1S/C10H10F9NO/c11-8(12,13)7(9(14,15)16,10(17,18)19)6(21)20-4-2-1-3-5-20/h1-5H2. The van der Waals surface area contributed by atoms with E-state index >= 15 is 0 Å². The highest BCUT2D eigenvalue weighted by Gasteiger charge is 2.88. The number of halogens is 9. The highest BCUT2D eigenvalue weighted by atomic mass is 19.4. The van der Waals surface area contributed by atoms with Crippen LogP contribution in [0.25, 0.3) is 0 Å². The molecule has 0 bridgehead atoms. The van der Waals surface area contributed by atoms with E-state index in [0.29, 0.717) is 6.42 Å². The Kier molecular flexibility index (Phi) is 4.46. The summed E-state index contributed by atoms with van der Waals surface area (Å²) in [5.41, 5.74) is -6.38. The van der Waals surface area contributed by atoms with Crippen LogP contribution in [0.5, 0.6) is 0 Å². The van der Waals surface area contributed by atoms with Crippen molar-refractivity contribution in [1.29, 1.82) is 0 Å². The van der Waals surface area contributed by atoms with Crippen molar-refractivity contribution in [3.8, 4) is 0 Å². The second-order valence-corrected chi connectivity index (χ2v) is 4.60. The molecule has 11 heteroatoms. The van der Waals surface area contributed by atoms with Gasteiger partial charge in [0.2, 0.25) is 0 Å². The third-order valence-electron chi connectivity index (χ3n) is 3.24. The summed E-state index contributed by atoms with van der Waals surface area (Å²) in [6.45, 7) is -1.13. The minimum Gasteiger partial charge on any atom is -0.341 e. The van der Waals surface area contributed by atoms with Gasteiger partial charge < -0.3 is 4.90 Å². The van der Waals surface area contributed by atoms with E-state index in [1.807, 2.05) is 0 Å². The van der Waals surface area contributed by atoms with Gasteiger partial charge in [-0.25, -0.2) is 0 Å². The van der Waals surface area contributed by atoms with Crippen LogP contribution in [0.15, 0.2) is 0 Å². The highest BCUT2D eigenvalue weighted by molar-refractivity contribution is 5.85. The molecule has 0 saturated carbocycles. The van der Waals surface area contributed by atoms with Crippen molar-refractivity contribution in [2.45, 2.75) is 37.8 Å². The average Bonchev–Trinajstić information content (AvgIpc) is 2.24. The molecule has 0 aromatic carbocycles. The van der Waals surface area contributed by atoms with Crippen LogP contribution in [0.2, 0.25) is 0 Å². The molecule has 1 aliphatic rings. The normalized spacial score (nSPS) is 18.8. The lowest BCUT2D eigenvalue weighted by Gasteiger charge is -2.41. The Hall–Kier alpha value is -1.16. The molecule has 0 N–H and O–H groups in total. The maximum Gasteiger partial charge on any atom is 0.421 e. The van der Waals surface area contributed by atoms with Crippen LogP contribution in [0, 0.1) is 5.41 Å². The van der Waals surface area contributed by atoms with Crippen LogP contribution in [0.4, 0.5) is 39.5 Å². The summed E-state index contributed by atoms with van der Waals surface area (Å²) in [6, 6.07) is 0. The summed E-state index contributed by atoms with van der Waals surface area (Å²) in [5.74, 6) is -3.00. The van der Waals surface area contributed by atoms with E-state index in [1.165, 1.54) is 0 Å². The van der Waals surface area contributed by atoms with Crippen molar-refractivity contribution in [3.63, 3.8) is 0 Å². The van der Waals surface area contributed by atoms with Crippen LogP contribution in [0.3, 0.4) is 0 Å². The molecule has 0 radical (unpaired) electrons. The van der Waals surface area contributed by atoms with Crippen molar-refractivity contribution in [1.82, 2.24) is 4.90 Å².